The minimum Gasteiger partial charge on any atom is -0.393 e. The van der Waals surface area contributed by atoms with Crippen molar-refractivity contribution >= 4 is 0 Å². The van der Waals surface area contributed by atoms with Crippen LogP contribution in [0.3, 0.4) is 0 Å². The molecule has 0 aromatic rings. The van der Waals surface area contributed by atoms with E-state index < -0.39 is 5.60 Å². The Morgan fingerprint density at radius 3 is 2.45 bits per heavy atom. The van der Waals surface area contributed by atoms with E-state index in [1.54, 1.807) is 0 Å². The Labute approximate surface area is 135 Å². The lowest BCUT2D eigenvalue weighted by Gasteiger charge is -2.57. The van der Waals surface area contributed by atoms with E-state index in [2.05, 4.69) is 13.8 Å². The van der Waals surface area contributed by atoms with Gasteiger partial charge in [0, 0.05) is 0 Å². The van der Waals surface area contributed by atoms with Crippen LogP contribution in [0, 0.1) is 35.0 Å². The minimum absolute atomic E-state index is 0.0247. The van der Waals surface area contributed by atoms with Crippen LogP contribution in [0.4, 0.5) is 0 Å². The van der Waals surface area contributed by atoms with Crippen LogP contribution in [0.15, 0.2) is 0 Å². The molecule has 0 saturated heterocycles. The first-order valence-electron chi connectivity index (χ1n) is 9.89. The van der Waals surface area contributed by atoms with Crippen LogP contribution in [0.2, 0.25) is 0 Å². The van der Waals surface area contributed by atoms with Gasteiger partial charge in [-0.05, 0) is 99.2 Å². The molecule has 0 aliphatic heterocycles. The molecule has 4 fully saturated rings. The van der Waals surface area contributed by atoms with Gasteiger partial charge in [0.2, 0.25) is 0 Å². The molecule has 126 valence electrons. The summed E-state index contributed by atoms with van der Waals surface area (Å²) >= 11 is 0. The summed E-state index contributed by atoms with van der Waals surface area (Å²) in [5.41, 5.74) is -0.230. The number of hydrogen-bond donors (Lipinski definition) is 2. The first-order chi connectivity index (χ1) is 10.5. The molecule has 4 aliphatic carbocycles. The van der Waals surface area contributed by atoms with Crippen molar-refractivity contribution in [2.24, 2.45) is 35.0 Å². The molecule has 0 bridgehead atoms. The SMILES string of the molecule is CC[C@]1(O)CC[C@@H]2[C@@H]3CC[C@@H]4C[C@H](O)CC[C@@H]4[C@@H]3CC[C@@]21C. The van der Waals surface area contributed by atoms with Gasteiger partial charge in [-0.25, -0.2) is 0 Å². The third-order valence-corrected chi connectivity index (χ3v) is 8.83. The van der Waals surface area contributed by atoms with Gasteiger partial charge >= 0.3 is 0 Å². The molecule has 22 heavy (non-hydrogen) atoms. The van der Waals surface area contributed by atoms with Gasteiger partial charge in [-0.1, -0.05) is 13.8 Å². The highest BCUT2D eigenvalue weighted by Crippen LogP contribution is 2.65. The van der Waals surface area contributed by atoms with Gasteiger partial charge in [-0.2, -0.15) is 0 Å². The highest BCUT2D eigenvalue weighted by molar-refractivity contribution is 5.11. The zero-order chi connectivity index (χ0) is 15.5. The van der Waals surface area contributed by atoms with E-state index in [4.69, 9.17) is 0 Å². The lowest BCUT2D eigenvalue weighted by atomic mass is 9.49. The number of aliphatic hydroxyl groups is 2. The van der Waals surface area contributed by atoms with E-state index in [9.17, 15) is 10.2 Å². The Bertz CT molecular complexity index is 435. The number of rotatable bonds is 1. The monoisotopic (exact) mass is 306 g/mol. The zero-order valence-electron chi connectivity index (χ0n) is 14.4. The van der Waals surface area contributed by atoms with E-state index in [0.29, 0.717) is 0 Å². The molecule has 2 heteroatoms. The van der Waals surface area contributed by atoms with Crippen molar-refractivity contribution in [2.45, 2.75) is 89.8 Å². The molecule has 0 heterocycles. The largest absolute Gasteiger partial charge is 0.393 e. The second-order valence-corrected chi connectivity index (χ2v) is 9.28. The van der Waals surface area contributed by atoms with E-state index in [1.807, 2.05) is 0 Å². The van der Waals surface area contributed by atoms with Gasteiger partial charge in [0.25, 0.3) is 0 Å². The lowest BCUT2D eigenvalue weighted by Crippen LogP contribution is -2.53. The van der Waals surface area contributed by atoms with Crippen molar-refractivity contribution in [3.8, 4) is 0 Å². The summed E-state index contributed by atoms with van der Waals surface area (Å²) in [4.78, 5) is 0. The maximum Gasteiger partial charge on any atom is 0.0701 e. The van der Waals surface area contributed by atoms with Gasteiger partial charge in [-0.15, -0.1) is 0 Å². The molecule has 4 rings (SSSR count). The van der Waals surface area contributed by atoms with Crippen molar-refractivity contribution in [1.82, 2.24) is 0 Å². The van der Waals surface area contributed by atoms with Crippen LogP contribution in [0.1, 0.15) is 78.1 Å². The summed E-state index contributed by atoms with van der Waals surface area (Å²) < 4.78 is 0. The van der Waals surface area contributed by atoms with E-state index in [-0.39, 0.29) is 11.5 Å². The first-order valence-corrected chi connectivity index (χ1v) is 9.89. The maximum absolute atomic E-state index is 11.2. The zero-order valence-corrected chi connectivity index (χ0v) is 14.4. The van der Waals surface area contributed by atoms with Gasteiger partial charge in [0.1, 0.15) is 0 Å². The number of hydrogen-bond acceptors (Lipinski definition) is 2. The van der Waals surface area contributed by atoms with Crippen molar-refractivity contribution in [2.75, 3.05) is 0 Å². The van der Waals surface area contributed by atoms with Gasteiger partial charge in [0.05, 0.1) is 11.7 Å². The molecule has 4 saturated carbocycles. The number of aliphatic hydroxyl groups excluding tert-OH is 1. The van der Waals surface area contributed by atoms with Crippen molar-refractivity contribution in [3.05, 3.63) is 0 Å². The van der Waals surface area contributed by atoms with E-state index >= 15 is 0 Å². The van der Waals surface area contributed by atoms with Crippen molar-refractivity contribution < 1.29 is 10.2 Å². The molecule has 0 aromatic carbocycles. The summed E-state index contributed by atoms with van der Waals surface area (Å²) in [6.45, 7) is 4.58. The Morgan fingerprint density at radius 1 is 0.909 bits per heavy atom. The normalized spacial score (nSPS) is 57.8. The molecule has 0 aromatic heterocycles. The summed E-state index contributed by atoms with van der Waals surface area (Å²) in [5, 5.41) is 21.2. The van der Waals surface area contributed by atoms with Crippen molar-refractivity contribution in [1.29, 1.82) is 0 Å². The summed E-state index contributed by atoms with van der Waals surface area (Å²) in [5.74, 6) is 4.17. The average molecular weight is 306 g/mol. The van der Waals surface area contributed by atoms with Crippen molar-refractivity contribution in [3.63, 3.8) is 0 Å². The third kappa shape index (κ3) is 1.99. The van der Waals surface area contributed by atoms with Crippen LogP contribution in [-0.4, -0.2) is 21.9 Å². The predicted molar refractivity (Wildman–Crippen MR) is 88.4 cm³/mol. The fourth-order valence-corrected chi connectivity index (χ4v) is 7.52. The molecule has 2 N–H and O–H groups in total. The lowest BCUT2D eigenvalue weighted by molar-refractivity contribution is -0.134. The van der Waals surface area contributed by atoms with Gasteiger partial charge < -0.3 is 10.2 Å². The molecular weight excluding hydrogens is 272 g/mol. The Hall–Kier alpha value is -0.0800. The van der Waals surface area contributed by atoms with Crippen LogP contribution >= 0.6 is 0 Å². The fourth-order valence-electron chi connectivity index (χ4n) is 7.52. The quantitative estimate of drug-likeness (QED) is 0.764. The summed E-state index contributed by atoms with van der Waals surface area (Å²) in [6, 6.07) is 0. The Morgan fingerprint density at radius 2 is 1.68 bits per heavy atom. The van der Waals surface area contributed by atoms with E-state index in [1.165, 1.54) is 38.5 Å². The second-order valence-electron chi connectivity index (χ2n) is 9.28. The molecule has 0 unspecified atom stereocenters. The molecule has 8 atom stereocenters. The smallest absolute Gasteiger partial charge is 0.0701 e. The average Bonchev–Trinajstić information content (AvgIpc) is 2.79. The highest BCUT2D eigenvalue weighted by Gasteiger charge is 2.61. The first kappa shape index (κ1) is 15.4. The summed E-state index contributed by atoms with van der Waals surface area (Å²) in [7, 11) is 0. The van der Waals surface area contributed by atoms with Crippen LogP contribution in [0.5, 0.6) is 0 Å². The third-order valence-electron chi connectivity index (χ3n) is 8.83. The van der Waals surface area contributed by atoms with Crippen LogP contribution < -0.4 is 0 Å². The van der Waals surface area contributed by atoms with Crippen LogP contribution in [0.25, 0.3) is 0 Å². The minimum atomic E-state index is -0.401. The second kappa shape index (κ2) is 5.21. The Kier molecular flexibility index (Phi) is 3.66. The Balaban J connectivity index is 1.58. The highest BCUT2D eigenvalue weighted by atomic mass is 16.3. The molecule has 0 amide bonds. The van der Waals surface area contributed by atoms with Gasteiger partial charge in [-0.3, -0.25) is 0 Å². The fraction of sp³-hybridized carbons (Fsp3) is 1.00. The summed E-state index contributed by atoms with van der Waals surface area (Å²) in [6.07, 6.45) is 11.8. The molecule has 2 nitrogen and oxygen atoms in total. The molecule has 0 spiro atoms. The molecule has 4 aliphatic rings. The topological polar surface area (TPSA) is 40.5 Å². The van der Waals surface area contributed by atoms with E-state index in [0.717, 1.165) is 55.3 Å². The standard InChI is InChI=1S/C20H34O2/c1-3-20(22)11-9-18-17-6-4-13-12-14(21)5-7-15(13)16(17)8-10-19(18,20)2/h13-18,21-22H,3-12H2,1-2H3/t13-,14-,15+,16+,17-,18-,19+,20+/m1/s1. The number of fused-ring (bicyclic) bond motifs is 5. The predicted octanol–water partition coefficient (Wildman–Crippen LogP) is 4.14. The molecule has 0 radical (unpaired) electrons. The van der Waals surface area contributed by atoms with Crippen LogP contribution in [-0.2, 0) is 0 Å². The molecular formula is C20H34O2. The van der Waals surface area contributed by atoms with Gasteiger partial charge in [0.15, 0.2) is 0 Å². The maximum atomic E-state index is 11.2.